The highest BCUT2D eigenvalue weighted by Gasteiger charge is 2.28. The first-order chi connectivity index (χ1) is 16.7. The van der Waals surface area contributed by atoms with E-state index in [2.05, 4.69) is 22.7 Å². The molecule has 10 heteroatoms. The summed E-state index contributed by atoms with van der Waals surface area (Å²) in [6, 6.07) is 12.9. The second kappa shape index (κ2) is 10.4. The summed E-state index contributed by atoms with van der Waals surface area (Å²) in [6.07, 6.45) is 5.02. The number of nitrogens with one attached hydrogen (secondary N) is 2. The normalized spacial score (nSPS) is 15.0. The molecule has 2 aromatic carbocycles. The molecule has 3 aromatic rings. The van der Waals surface area contributed by atoms with Crippen LogP contribution in [0, 0.1) is 12.8 Å². The van der Waals surface area contributed by atoms with Gasteiger partial charge in [0.25, 0.3) is 5.91 Å². The van der Waals surface area contributed by atoms with E-state index >= 15 is 0 Å². The first kappa shape index (κ1) is 24.6. The van der Waals surface area contributed by atoms with E-state index < -0.39 is 10.0 Å². The van der Waals surface area contributed by atoms with Crippen molar-refractivity contribution in [3.05, 3.63) is 72.1 Å². The highest BCUT2D eigenvalue weighted by atomic mass is 32.2. The minimum Gasteiger partial charge on any atom is -0.324 e. The molecule has 2 N–H and O–H groups in total. The summed E-state index contributed by atoms with van der Waals surface area (Å²) in [7, 11) is -3.56. The van der Waals surface area contributed by atoms with E-state index in [0.29, 0.717) is 35.9 Å². The fourth-order valence-electron chi connectivity index (χ4n) is 3.97. The summed E-state index contributed by atoms with van der Waals surface area (Å²) < 4.78 is 28.8. The molecule has 2 heterocycles. The maximum atomic E-state index is 12.9. The van der Waals surface area contributed by atoms with Crippen molar-refractivity contribution in [2.45, 2.75) is 38.1 Å². The van der Waals surface area contributed by atoms with Crippen LogP contribution in [0.3, 0.4) is 0 Å². The molecule has 1 fully saturated rings. The van der Waals surface area contributed by atoms with Crippen molar-refractivity contribution in [1.82, 2.24) is 14.1 Å². The summed E-state index contributed by atoms with van der Waals surface area (Å²) in [4.78, 5) is 25.1. The van der Waals surface area contributed by atoms with E-state index in [0.717, 1.165) is 18.4 Å². The maximum Gasteiger partial charge on any atom is 0.255 e. The number of carbonyl (C=O) groups excluding carboxylic acids is 2. The molecule has 184 valence electrons. The molecule has 0 atom stereocenters. The molecule has 0 radical (unpaired) electrons. The van der Waals surface area contributed by atoms with Gasteiger partial charge < -0.3 is 10.6 Å². The Morgan fingerprint density at radius 1 is 1.06 bits per heavy atom. The van der Waals surface area contributed by atoms with Crippen LogP contribution in [0.25, 0.3) is 0 Å². The predicted molar refractivity (Wildman–Crippen MR) is 134 cm³/mol. The first-order valence-corrected chi connectivity index (χ1v) is 13.0. The van der Waals surface area contributed by atoms with Gasteiger partial charge in [0, 0.05) is 42.4 Å². The van der Waals surface area contributed by atoms with Gasteiger partial charge in [-0.1, -0.05) is 6.92 Å². The van der Waals surface area contributed by atoms with Crippen LogP contribution in [-0.4, -0.2) is 47.4 Å². The van der Waals surface area contributed by atoms with Crippen LogP contribution in [-0.2, 0) is 21.4 Å². The number of hydrogen-bond acceptors (Lipinski definition) is 5. The lowest BCUT2D eigenvalue weighted by Crippen LogP contribution is -2.37. The highest BCUT2D eigenvalue weighted by Crippen LogP contribution is 2.24. The second-order valence-corrected chi connectivity index (χ2v) is 10.8. The lowest BCUT2D eigenvalue weighted by atomic mass is 10.0. The lowest BCUT2D eigenvalue weighted by molar-refractivity contribution is -0.116. The average Bonchev–Trinajstić information content (AvgIpc) is 3.34. The summed E-state index contributed by atoms with van der Waals surface area (Å²) in [5, 5.41) is 9.67. The summed E-state index contributed by atoms with van der Waals surface area (Å²) >= 11 is 0. The number of piperidine rings is 1. The van der Waals surface area contributed by atoms with Gasteiger partial charge in [-0.3, -0.25) is 14.3 Å². The molecule has 9 nitrogen and oxygen atoms in total. The minimum absolute atomic E-state index is 0.105. The SMILES string of the molecule is Cc1cc(NC(=O)c2ccc(S(=O)(=O)N3CCC(C)CC3)cc2)ccc1NC(=O)Cn1cccn1. The van der Waals surface area contributed by atoms with Crippen molar-refractivity contribution < 1.29 is 18.0 Å². The number of aryl methyl sites for hydroxylation is 1. The smallest absolute Gasteiger partial charge is 0.255 e. The summed E-state index contributed by atoms with van der Waals surface area (Å²) in [5.74, 6) is -0.0260. The van der Waals surface area contributed by atoms with Gasteiger partial charge in [-0.15, -0.1) is 0 Å². The third-order valence-corrected chi connectivity index (χ3v) is 8.03. The van der Waals surface area contributed by atoms with Crippen LogP contribution in [0.2, 0.25) is 0 Å². The van der Waals surface area contributed by atoms with Gasteiger partial charge in [-0.2, -0.15) is 9.40 Å². The Hall–Kier alpha value is -3.50. The quantitative estimate of drug-likeness (QED) is 0.521. The molecule has 1 aromatic heterocycles. The fraction of sp³-hybridized carbons (Fsp3) is 0.320. The van der Waals surface area contributed by atoms with Crippen molar-refractivity contribution in [3.8, 4) is 0 Å². The Kier molecular flexibility index (Phi) is 7.32. The van der Waals surface area contributed by atoms with Gasteiger partial charge in [-0.25, -0.2) is 8.42 Å². The van der Waals surface area contributed by atoms with Gasteiger partial charge in [-0.05, 0) is 79.8 Å². The molecule has 1 saturated heterocycles. The molecule has 0 aliphatic carbocycles. The molecule has 1 aliphatic rings. The molecule has 0 saturated carbocycles. The Morgan fingerprint density at radius 2 is 1.77 bits per heavy atom. The second-order valence-electron chi connectivity index (χ2n) is 8.85. The van der Waals surface area contributed by atoms with E-state index in [9.17, 15) is 18.0 Å². The Labute approximate surface area is 205 Å². The molecule has 0 bridgehead atoms. The molecule has 4 rings (SSSR count). The van der Waals surface area contributed by atoms with E-state index in [1.807, 2.05) is 6.92 Å². The number of aromatic nitrogens is 2. The topological polar surface area (TPSA) is 113 Å². The molecule has 1 aliphatic heterocycles. The van der Waals surface area contributed by atoms with Gasteiger partial charge in [0.1, 0.15) is 6.54 Å². The van der Waals surface area contributed by atoms with Gasteiger partial charge in [0.2, 0.25) is 15.9 Å². The van der Waals surface area contributed by atoms with E-state index in [1.165, 1.54) is 33.3 Å². The molecule has 35 heavy (non-hydrogen) atoms. The fourth-order valence-corrected chi connectivity index (χ4v) is 5.44. The monoisotopic (exact) mass is 495 g/mol. The molecule has 2 amide bonds. The third kappa shape index (κ3) is 5.95. The summed E-state index contributed by atoms with van der Waals surface area (Å²) in [6.45, 7) is 5.11. The number of benzene rings is 2. The van der Waals surface area contributed by atoms with E-state index in [-0.39, 0.29) is 23.3 Å². The lowest BCUT2D eigenvalue weighted by Gasteiger charge is -2.29. The molecule has 0 spiro atoms. The van der Waals surface area contributed by atoms with Crippen LogP contribution in [0.5, 0.6) is 0 Å². The first-order valence-electron chi connectivity index (χ1n) is 11.5. The van der Waals surface area contributed by atoms with Crippen LogP contribution in [0.1, 0.15) is 35.7 Å². The average molecular weight is 496 g/mol. The van der Waals surface area contributed by atoms with Crippen molar-refractivity contribution in [1.29, 1.82) is 0 Å². The van der Waals surface area contributed by atoms with Crippen LogP contribution >= 0.6 is 0 Å². The van der Waals surface area contributed by atoms with Crippen molar-refractivity contribution >= 4 is 33.2 Å². The molecular formula is C25H29N5O4S. The zero-order valence-electron chi connectivity index (χ0n) is 19.8. The van der Waals surface area contributed by atoms with Crippen LogP contribution in [0.15, 0.2) is 65.8 Å². The Balaban J connectivity index is 1.37. The Morgan fingerprint density at radius 3 is 2.40 bits per heavy atom. The van der Waals surface area contributed by atoms with Crippen LogP contribution < -0.4 is 10.6 Å². The number of amides is 2. The van der Waals surface area contributed by atoms with E-state index in [4.69, 9.17) is 0 Å². The van der Waals surface area contributed by atoms with Crippen LogP contribution in [0.4, 0.5) is 11.4 Å². The molecule has 0 unspecified atom stereocenters. The number of sulfonamides is 1. The number of hydrogen-bond donors (Lipinski definition) is 2. The summed E-state index contributed by atoms with van der Waals surface area (Å²) in [5.41, 5.74) is 2.35. The number of nitrogens with zero attached hydrogens (tertiary/aromatic N) is 3. The minimum atomic E-state index is -3.56. The number of rotatable bonds is 7. The maximum absolute atomic E-state index is 12.9. The van der Waals surface area contributed by atoms with E-state index in [1.54, 1.807) is 36.7 Å². The number of anilines is 2. The highest BCUT2D eigenvalue weighted by molar-refractivity contribution is 7.89. The van der Waals surface area contributed by atoms with Crippen molar-refractivity contribution in [3.63, 3.8) is 0 Å². The zero-order valence-corrected chi connectivity index (χ0v) is 20.6. The standard InChI is InChI=1S/C25H29N5O4S/c1-18-10-14-30(15-11-18)35(33,34)22-7-4-20(5-8-22)25(32)27-21-6-9-23(19(2)16-21)28-24(31)17-29-13-3-12-26-29/h3-9,12-13,16,18H,10-11,14-15,17H2,1-2H3,(H,27,32)(H,28,31). The van der Waals surface area contributed by atoms with Crippen molar-refractivity contribution in [2.75, 3.05) is 23.7 Å². The zero-order chi connectivity index (χ0) is 25.0. The van der Waals surface area contributed by atoms with Gasteiger partial charge in [0.15, 0.2) is 0 Å². The predicted octanol–water partition coefficient (Wildman–Crippen LogP) is 3.50. The van der Waals surface area contributed by atoms with Crippen molar-refractivity contribution in [2.24, 2.45) is 5.92 Å². The number of carbonyl (C=O) groups is 2. The third-order valence-electron chi connectivity index (χ3n) is 6.12. The van der Waals surface area contributed by atoms with Gasteiger partial charge in [0.05, 0.1) is 4.90 Å². The largest absolute Gasteiger partial charge is 0.324 e. The Bertz CT molecular complexity index is 1300. The van der Waals surface area contributed by atoms with Gasteiger partial charge >= 0.3 is 0 Å². The molecular weight excluding hydrogens is 466 g/mol.